The van der Waals surface area contributed by atoms with Crippen LogP contribution in [0.3, 0.4) is 0 Å². The molecule has 5 heteroatoms. The second kappa shape index (κ2) is 10.9. The van der Waals surface area contributed by atoms with Gasteiger partial charge in [-0.1, -0.05) is 6.92 Å². The number of nitrogens with zero attached hydrogens (tertiary/aromatic N) is 2. The van der Waals surface area contributed by atoms with Gasteiger partial charge in [-0.15, -0.1) is 0 Å². The first-order valence-corrected chi connectivity index (χ1v) is 9.64. The SMILES string of the molecule is CCNC(=NCC1CCCO1)NCCCCN1CCCC(C)C1. The predicted molar refractivity (Wildman–Crippen MR) is 97.0 cm³/mol. The standard InChI is InChI=1S/C18H36N4O/c1-3-19-18(21-14-17-9-7-13-23-17)20-10-4-5-11-22-12-6-8-16(2)15-22/h16-17H,3-15H2,1-2H3,(H2,19,20,21). The van der Waals surface area contributed by atoms with Crippen molar-refractivity contribution in [1.82, 2.24) is 15.5 Å². The van der Waals surface area contributed by atoms with Crippen molar-refractivity contribution in [3.8, 4) is 0 Å². The molecule has 134 valence electrons. The van der Waals surface area contributed by atoms with E-state index in [2.05, 4.69) is 34.4 Å². The average molecular weight is 325 g/mol. The summed E-state index contributed by atoms with van der Waals surface area (Å²) in [6.45, 7) is 11.9. The molecule has 2 fully saturated rings. The van der Waals surface area contributed by atoms with Gasteiger partial charge in [0.05, 0.1) is 12.6 Å². The molecule has 23 heavy (non-hydrogen) atoms. The van der Waals surface area contributed by atoms with E-state index >= 15 is 0 Å². The zero-order valence-electron chi connectivity index (χ0n) is 15.1. The monoisotopic (exact) mass is 324 g/mol. The van der Waals surface area contributed by atoms with Crippen LogP contribution in [0.5, 0.6) is 0 Å². The highest BCUT2D eigenvalue weighted by molar-refractivity contribution is 5.79. The second-order valence-corrected chi connectivity index (χ2v) is 7.04. The molecule has 2 N–H and O–H groups in total. The van der Waals surface area contributed by atoms with Gasteiger partial charge < -0.3 is 20.3 Å². The number of hydrogen-bond donors (Lipinski definition) is 2. The van der Waals surface area contributed by atoms with E-state index in [9.17, 15) is 0 Å². The van der Waals surface area contributed by atoms with E-state index in [-0.39, 0.29) is 0 Å². The third-order valence-electron chi connectivity index (χ3n) is 4.76. The van der Waals surface area contributed by atoms with Crippen LogP contribution >= 0.6 is 0 Å². The molecule has 5 nitrogen and oxygen atoms in total. The predicted octanol–water partition coefficient (Wildman–Crippen LogP) is 2.23. The van der Waals surface area contributed by atoms with Crippen molar-refractivity contribution in [3.05, 3.63) is 0 Å². The van der Waals surface area contributed by atoms with E-state index < -0.39 is 0 Å². The molecule has 0 spiro atoms. The largest absolute Gasteiger partial charge is 0.376 e. The van der Waals surface area contributed by atoms with Crippen molar-refractivity contribution < 1.29 is 4.74 Å². The normalized spacial score (nSPS) is 26.4. The number of likely N-dealkylation sites (tertiary alicyclic amines) is 1. The highest BCUT2D eigenvalue weighted by Crippen LogP contribution is 2.15. The Morgan fingerprint density at radius 2 is 2.13 bits per heavy atom. The van der Waals surface area contributed by atoms with Gasteiger partial charge in [0.15, 0.2) is 5.96 Å². The zero-order chi connectivity index (χ0) is 16.3. The van der Waals surface area contributed by atoms with Gasteiger partial charge >= 0.3 is 0 Å². The Labute approximate surface area is 142 Å². The smallest absolute Gasteiger partial charge is 0.191 e. The summed E-state index contributed by atoms with van der Waals surface area (Å²) in [6.07, 6.45) is 7.91. The van der Waals surface area contributed by atoms with Crippen LogP contribution in [0.1, 0.15) is 52.4 Å². The Bertz CT molecular complexity index is 342. The van der Waals surface area contributed by atoms with Crippen LogP contribution in [-0.2, 0) is 4.74 Å². The number of nitrogens with one attached hydrogen (secondary N) is 2. The van der Waals surface area contributed by atoms with E-state index in [0.29, 0.717) is 6.10 Å². The lowest BCUT2D eigenvalue weighted by atomic mass is 10.0. The topological polar surface area (TPSA) is 48.9 Å². The summed E-state index contributed by atoms with van der Waals surface area (Å²) < 4.78 is 5.63. The van der Waals surface area contributed by atoms with Gasteiger partial charge in [0.25, 0.3) is 0 Å². The summed E-state index contributed by atoms with van der Waals surface area (Å²) in [4.78, 5) is 7.28. The van der Waals surface area contributed by atoms with E-state index in [0.717, 1.165) is 44.5 Å². The molecule has 0 aromatic carbocycles. The maximum Gasteiger partial charge on any atom is 0.191 e. The molecule has 2 rings (SSSR count). The summed E-state index contributed by atoms with van der Waals surface area (Å²) in [5.41, 5.74) is 0. The van der Waals surface area contributed by atoms with Gasteiger partial charge in [-0.2, -0.15) is 0 Å². The number of hydrogen-bond acceptors (Lipinski definition) is 3. The number of guanidine groups is 1. The maximum atomic E-state index is 5.63. The first-order valence-electron chi connectivity index (χ1n) is 9.64. The molecule has 2 aliphatic heterocycles. The molecule has 2 saturated heterocycles. The highest BCUT2D eigenvalue weighted by atomic mass is 16.5. The Morgan fingerprint density at radius 3 is 2.87 bits per heavy atom. The minimum atomic E-state index is 0.326. The van der Waals surface area contributed by atoms with Crippen LogP contribution in [-0.4, -0.2) is 62.8 Å². The van der Waals surface area contributed by atoms with Gasteiger partial charge in [0, 0.05) is 26.2 Å². The van der Waals surface area contributed by atoms with Crippen LogP contribution in [0.25, 0.3) is 0 Å². The summed E-state index contributed by atoms with van der Waals surface area (Å²) in [5.74, 6) is 1.82. The summed E-state index contributed by atoms with van der Waals surface area (Å²) >= 11 is 0. The summed E-state index contributed by atoms with van der Waals surface area (Å²) in [6, 6.07) is 0. The quantitative estimate of drug-likeness (QED) is 0.408. The van der Waals surface area contributed by atoms with Crippen LogP contribution < -0.4 is 10.6 Å². The molecular weight excluding hydrogens is 288 g/mol. The second-order valence-electron chi connectivity index (χ2n) is 7.04. The number of piperidine rings is 1. The van der Waals surface area contributed by atoms with Gasteiger partial charge in [0.2, 0.25) is 0 Å². The van der Waals surface area contributed by atoms with Crippen LogP contribution in [0.2, 0.25) is 0 Å². The molecular formula is C18H36N4O. The van der Waals surface area contributed by atoms with Crippen LogP contribution in [0.15, 0.2) is 4.99 Å². The first-order chi connectivity index (χ1) is 11.3. The van der Waals surface area contributed by atoms with Crippen molar-refractivity contribution >= 4 is 5.96 Å². The molecule has 2 atom stereocenters. The molecule has 0 radical (unpaired) electrons. The molecule has 0 bridgehead atoms. The molecule has 2 unspecified atom stereocenters. The number of aliphatic imine (C=N–C) groups is 1. The highest BCUT2D eigenvalue weighted by Gasteiger charge is 2.16. The Morgan fingerprint density at radius 1 is 1.22 bits per heavy atom. The fourth-order valence-electron chi connectivity index (χ4n) is 3.48. The lowest BCUT2D eigenvalue weighted by molar-refractivity contribution is 0.117. The molecule has 0 aromatic rings. The van der Waals surface area contributed by atoms with Crippen molar-refractivity contribution in [2.24, 2.45) is 10.9 Å². The van der Waals surface area contributed by atoms with Crippen molar-refractivity contribution in [2.75, 3.05) is 45.9 Å². The maximum absolute atomic E-state index is 5.63. The van der Waals surface area contributed by atoms with Crippen molar-refractivity contribution in [2.45, 2.75) is 58.5 Å². The van der Waals surface area contributed by atoms with Gasteiger partial charge in [-0.25, -0.2) is 0 Å². The number of ether oxygens (including phenoxy) is 1. The molecule has 0 amide bonds. The summed E-state index contributed by atoms with van der Waals surface area (Å²) in [7, 11) is 0. The number of unbranched alkanes of at least 4 members (excludes halogenated alkanes) is 1. The van der Waals surface area contributed by atoms with E-state index in [1.54, 1.807) is 0 Å². The van der Waals surface area contributed by atoms with Crippen molar-refractivity contribution in [1.29, 1.82) is 0 Å². The lowest BCUT2D eigenvalue weighted by Crippen LogP contribution is -2.39. The summed E-state index contributed by atoms with van der Waals surface area (Å²) in [5, 5.41) is 6.78. The fraction of sp³-hybridized carbons (Fsp3) is 0.944. The van der Waals surface area contributed by atoms with Crippen molar-refractivity contribution in [3.63, 3.8) is 0 Å². The van der Waals surface area contributed by atoms with Gasteiger partial charge in [-0.3, -0.25) is 4.99 Å². The Hall–Kier alpha value is -0.810. The molecule has 0 saturated carbocycles. The number of rotatable bonds is 8. The minimum absolute atomic E-state index is 0.326. The third-order valence-corrected chi connectivity index (χ3v) is 4.76. The van der Waals surface area contributed by atoms with Crippen LogP contribution in [0.4, 0.5) is 0 Å². The van der Waals surface area contributed by atoms with E-state index in [1.165, 1.54) is 51.7 Å². The third kappa shape index (κ3) is 7.53. The van der Waals surface area contributed by atoms with Crippen LogP contribution in [0, 0.1) is 5.92 Å². The molecule has 2 aliphatic rings. The molecule has 0 aliphatic carbocycles. The van der Waals surface area contributed by atoms with Gasteiger partial charge in [-0.05, 0) is 64.5 Å². The van der Waals surface area contributed by atoms with E-state index in [1.807, 2.05) is 0 Å². The fourth-order valence-corrected chi connectivity index (χ4v) is 3.48. The zero-order valence-corrected chi connectivity index (χ0v) is 15.1. The molecule has 2 heterocycles. The first kappa shape index (κ1) is 18.5. The molecule has 0 aromatic heterocycles. The Balaban J connectivity index is 1.57. The minimum Gasteiger partial charge on any atom is -0.376 e. The Kier molecular flexibility index (Phi) is 8.76. The van der Waals surface area contributed by atoms with E-state index in [4.69, 9.17) is 4.74 Å². The lowest BCUT2D eigenvalue weighted by Gasteiger charge is -2.30. The van der Waals surface area contributed by atoms with Gasteiger partial charge in [0.1, 0.15) is 0 Å². The average Bonchev–Trinajstić information content (AvgIpc) is 3.05.